The predicted octanol–water partition coefficient (Wildman–Crippen LogP) is 2.18. The van der Waals surface area contributed by atoms with Crippen molar-refractivity contribution in [2.45, 2.75) is 13.0 Å². The second-order valence-electron chi connectivity index (χ2n) is 6.23. The molecular formula is C19H15BrN4O7. The van der Waals surface area contributed by atoms with E-state index in [1.54, 1.807) is 18.2 Å². The average Bonchev–Trinajstić information content (AvgIpc) is 2.74. The van der Waals surface area contributed by atoms with Crippen molar-refractivity contribution >= 4 is 44.7 Å². The van der Waals surface area contributed by atoms with Gasteiger partial charge in [0.25, 0.3) is 5.56 Å². The van der Waals surface area contributed by atoms with Crippen LogP contribution in [0.4, 0.5) is 5.69 Å². The normalized spacial score (nSPS) is 12.1. The Hall–Kier alpha value is -3.80. The van der Waals surface area contributed by atoms with Crippen molar-refractivity contribution in [3.63, 3.8) is 0 Å². The molecule has 0 saturated heterocycles. The molecule has 1 heterocycles. The minimum atomic E-state index is -1.09. The third-order valence-electron chi connectivity index (χ3n) is 4.18. The lowest BCUT2D eigenvalue weighted by Gasteiger charge is -2.14. The van der Waals surface area contributed by atoms with E-state index >= 15 is 0 Å². The lowest BCUT2D eigenvalue weighted by atomic mass is 10.2. The molecule has 0 unspecified atom stereocenters. The van der Waals surface area contributed by atoms with Crippen molar-refractivity contribution in [2.24, 2.45) is 5.10 Å². The van der Waals surface area contributed by atoms with Crippen LogP contribution in [0.2, 0.25) is 0 Å². The first-order valence-electron chi connectivity index (χ1n) is 8.73. The second-order valence-corrected chi connectivity index (χ2v) is 7.08. The monoisotopic (exact) mass is 490 g/mol. The number of carbonyl (C=O) groups excluding carboxylic acids is 1. The number of esters is 1. The summed E-state index contributed by atoms with van der Waals surface area (Å²) in [7, 11) is 1.17. The van der Waals surface area contributed by atoms with Crippen LogP contribution in [0.25, 0.3) is 10.9 Å². The summed E-state index contributed by atoms with van der Waals surface area (Å²) in [6.07, 6.45) is 0.0331. The molecule has 0 amide bonds. The average molecular weight is 491 g/mol. The number of aromatic amines is 1. The number of rotatable bonds is 6. The van der Waals surface area contributed by atoms with Crippen LogP contribution in [0, 0.1) is 10.1 Å². The quantitative estimate of drug-likeness (QED) is 0.241. The first-order chi connectivity index (χ1) is 14.7. The van der Waals surface area contributed by atoms with Crippen molar-refractivity contribution in [3.8, 4) is 5.75 Å². The minimum Gasteiger partial charge on any atom is -0.471 e. The van der Waals surface area contributed by atoms with Crippen molar-refractivity contribution in [1.29, 1.82) is 0 Å². The highest BCUT2D eigenvalue weighted by Crippen LogP contribution is 2.36. The highest BCUT2D eigenvalue weighted by molar-refractivity contribution is 9.10. The lowest BCUT2D eigenvalue weighted by Crippen LogP contribution is -2.32. The Morgan fingerprint density at radius 1 is 1.32 bits per heavy atom. The van der Waals surface area contributed by atoms with Crippen LogP contribution in [-0.4, -0.2) is 40.0 Å². The fourth-order valence-corrected chi connectivity index (χ4v) is 3.26. The van der Waals surface area contributed by atoms with E-state index in [4.69, 9.17) is 4.74 Å². The molecular weight excluding hydrogens is 476 g/mol. The number of halogens is 1. The topological polar surface area (TPSA) is 146 Å². The first-order valence-corrected chi connectivity index (χ1v) is 9.53. The van der Waals surface area contributed by atoms with Crippen LogP contribution in [0.5, 0.6) is 5.75 Å². The van der Waals surface area contributed by atoms with Crippen LogP contribution in [-0.2, 0) is 9.53 Å². The summed E-state index contributed by atoms with van der Waals surface area (Å²) in [5.74, 6) is -0.887. The number of ether oxygens (including phenoxy) is 2. The van der Waals surface area contributed by atoms with Crippen molar-refractivity contribution in [2.75, 3.05) is 7.11 Å². The number of fused-ring (bicyclic) bond motifs is 1. The fourth-order valence-electron chi connectivity index (χ4n) is 2.70. The summed E-state index contributed by atoms with van der Waals surface area (Å²) in [5.41, 5.74) is -1.29. The summed E-state index contributed by atoms with van der Waals surface area (Å²) in [4.78, 5) is 49.6. The van der Waals surface area contributed by atoms with Crippen LogP contribution >= 0.6 is 15.9 Å². The second kappa shape index (κ2) is 8.92. The van der Waals surface area contributed by atoms with Gasteiger partial charge in [0.15, 0.2) is 6.10 Å². The number of hydrogen-bond donors (Lipinski definition) is 1. The standard InChI is InChI=1S/C19H15BrN4O7/c1-10(18(26)30-2)31-16-13(20)7-11(8-15(16)24(28)29)9-21-23-17(25)12-5-3-4-6-14(12)22-19(23)27/h3-10H,1-2H3,(H,22,27)/t10-/m1/s1. The smallest absolute Gasteiger partial charge is 0.349 e. The zero-order chi connectivity index (χ0) is 22.7. The molecule has 11 nitrogen and oxygen atoms in total. The molecule has 0 spiro atoms. The SMILES string of the molecule is COC(=O)[C@@H](C)Oc1c(Br)cc(C=Nn2c(=O)[nH]c3ccccc3c2=O)cc1[N+](=O)[O-]. The van der Waals surface area contributed by atoms with Gasteiger partial charge in [0.1, 0.15) is 0 Å². The molecule has 1 N–H and O–H groups in total. The molecule has 0 bridgehead atoms. The number of nitrogens with zero attached hydrogens (tertiary/aromatic N) is 3. The van der Waals surface area contributed by atoms with E-state index in [9.17, 15) is 24.5 Å². The molecule has 0 radical (unpaired) electrons. The van der Waals surface area contributed by atoms with E-state index in [-0.39, 0.29) is 21.2 Å². The third kappa shape index (κ3) is 4.53. The van der Waals surface area contributed by atoms with Crippen LogP contribution in [0.1, 0.15) is 12.5 Å². The largest absolute Gasteiger partial charge is 0.471 e. The Bertz CT molecular complexity index is 1330. The van der Waals surface area contributed by atoms with Gasteiger partial charge in [0, 0.05) is 11.6 Å². The molecule has 31 heavy (non-hydrogen) atoms. The molecule has 1 aromatic heterocycles. The molecule has 1 atom stereocenters. The van der Waals surface area contributed by atoms with Gasteiger partial charge in [-0.2, -0.15) is 5.10 Å². The summed E-state index contributed by atoms with van der Waals surface area (Å²) in [6.45, 7) is 1.38. The van der Waals surface area contributed by atoms with Crippen molar-refractivity contribution in [3.05, 3.63) is 77.4 Å². The van der Waals surface area contributed by atoms with Gasteiger partial charge in [-0.25, -0.2) is 9.59 Å². The number of para-hydroxylation sites is 1. The number of benzene rings is 2. The van der Waals surface area contributed by atoms with Gasteiger partial charge < -0.3 is 14.5 Å². The van der Waals surface area contributed by atoms with E-state index in [1.807, 2.05) is 0 Å². The number of nitro groups is 1. The van der Waals surface area contributed by atoms with E-state index in [2.05, 4.69) is 30.8 Å². The zero-order valence-electron chi connectivity index (χ0n) is 16.2. The predicted molar refractivity (Wildman–Crippen MR) is 115 cm³/mol. The number of nitrogens with one attached hydrogen (secondary N) is 1. The molecule has 0 aliphatic rings. The maximum absolute atomic E-state index is 12.5. The molecule has 2 aromatic carbocycles. The molecule has 12 heteroatoms. The van der Waals surface area contributed by atoms with Gasteiger partial charge in [-0.1, -0.05) is 12.1 Å². The fraction of sp³-hybridized carbons (Fsp3) is 0.158. The van der Waals surface area contributed by atoms with Crippen LogP contribution in [0.15, 0.2) is 55.6 Å². The number of hydrogen-bond acceptors (Lipinski definition) is 8. The Morgan fingerprint density at radius 3 is 2.71 bits per heavy atom. The Morgan fingerprint density at radius 2 is 2.03 bits per heavy atom. The highest BCUT2D eigenvalue weighted by Gasteiger charge is 2.25. The molecule has 3 aromatic rings. The van der Waals surface area contributed by atoms with Crippen LogP contribution < -0.4 is 16.0 Å². The van der Waals surface area contributed by atoms with E-state index in [0.717, 1.165) is 12.3 Å². The summed E-state index contributed by atoms with van der Waals surface area (Å²) in [6, 6.07) is 9.00. The van der Waals surface area contributed by atoms with E-state index in [0.29, 0.717) is 10.2 Å². The first kappa shape index (κ1) is 21.9. The maximum atomic E-state index is 12.5. The number of aromatic nitrogens is 2. The van der Waals surface area contributed by atoms with E-state index in [1.165, 1.54) is 26.2 Å². The maximum Gasteiger partial charge on any atom is 0.349 e. The van der Waals surface area contributed by atoms with Gasteiger partial charge in [-0.15, -0.1) is 4.68 Å². The number of methoxy groups -OCH3 is 1. The minimum absolute atomic E-state index is 0.165. The Kier molecular flexibility index (Phi) is 6.30. The van der Waals surface area contributed by atoms with Crippen LogP contribution in [0.3, 0.4) is 0 Å². The Labute approximate surface area is 182 Å². The summed E-state index contributed by atoms with van der Waals surface area (Å²) in [5, 5.41) is 15.6. The van der Waals surface area contributed by atoms with Gasteiger partial charge >= 0.3 is 17.3 Å². The van der Waals surface area contributed by atoms with Crippen molar-refractivity contribution < 1.29 is 19.2 Å². The molecule has 0 aliphatic carbocycles. The van der Waals surface area contributed by atoms with E-state index < -0.39 is 33.9 Å². The highest BCUT2D eigenvalue weighted by atomic mass is 79.9. The molecule has 0 saturated carbocycles. The van der Waals surface area contributed by atoms with Gasteiger partial charge in [-0.3, -0.25) is 14.9 Å². The molecule has 0 aliphatic heterocycles. The Balaban J connectivity index is 2.03. The number of carbonyl (C=O) groups is 1. The molecule has 0 fully saturated rings. The van der Waals surface area contributed by atoms with Gasteiger partial charge in [0.2, 0.25) is 5.75 Å². The van der Waals surface area contributed by atoms with Gasteiger partial charge in [0.05, 0.1) is 33.6 Å². The molecule has 3 rings (SSSR count). The third-order valence-corrected chi connectivity index (χ3v) is 4.77. The number of nitro benzene ring substituents is 1. The van der Waals surface area contributed by atoms with Gasteiger partial charge in [-0.05, 0) is 41.1 Å². The summed E-state index contributed by atoms with van der Waals surface area (Å²) >= 11 is 3.17. The lowest BCUT2D eigenvalue weighted by molar-refractivity contribution is -0.386. The number of H-pyrrole nitrogens is 1. The summed E-state index contributed by atoms with van der Waals surface area (Å²) < 4.78 is 10.7. The zero-order valence-corrected chi connectivity index (χ0v) is 17.8. The van der Waals surface area contributed by atoms with Crippen molar-refractivity contribution in [1.82, 2.24) is 9.66 Å². The molecule has 160 valence electrons.